The van der Waals surface area contributed by atoms with Gasteiger partial charge in [-0.1, -0.05) is 24.6 Å². The van der Waals surface area contributed by atoms with Gasteiger partial charge >= 0.3 is 5.97 Å². The summed E-state index contributed by atoms with van der Waals surface area (Å²) >= 11 is 6.05. The highest BCUT2D eigenvalue weighted by Crippen LogP contribution is 2.22. The van der Waals surface area contributed by atoms with E-state index in [2.05, 4.69) is 10.6 Å². The molecule has 2 aromatic carbocycles. The maximum Gasteiger partial charge on any atom is 0.338 e. The number of benzene rings is 2. The summed E-state index contributed by atoms with van der Waals surface area (Å²) in [6.07, 6.45) is 0.777. The zero-order valence-corrected chi connectivity index (χ0v) is 15.0. The molecule has 2 rings (SSSR count). The van der Waals surface area contributed by atoms with Gasteiger partial charge < -0.3 is 15.4 Å². The molecule has 25 heavy (non-hydrogen) atoms. The van der Waals surface area contributed by atoms with Crippen LogP contribution < -0.4 is 10.6 Å². The number of ether oxygens (including phenoxy) is 1. The molecule has 0 aromatic heterocycles. The number of nitrogens with one attached hydrogen (secondary N) is 2. The van der Waals surface area contributed by atoms with E-state index in [1.165, 1.54) is 0 Å². The maximum absolute atomic E-state index is 12.0. The number of carbonyl (C=O) groups excluding carboxylic acids is 2. The zero-order valence-electron chi connectivity index (χ0n) is 14.3. The lowest BCUT2D eigenvalue weighted by atomic mass is 10.2. The van der Waals surface area contributed by atoms with Crippen LogP contribution in [0.3, 0.4) is 0 Å². The number of hydrogen-bond donors (Lipinski definition) is 2. The van der Waals surface area contributed by atoms with Gasteiger partial charge in [0.1, 0.15) is 0 Å². The smallest absolute Gasteiger partial charge is 0.338 e. The highest BCUT2D eigenvalue weighted by Gasteiger charge is 2.08. The van der Waals surface area contributed by atoms with Gasteiger partial charge in [-0.25, -0.2) is 4.79 Å². The molecule has 132 valence electrons. The van der Waals surface area contributed by atoms with E-state index in [1.807, 2.05) is 26.0 Å². The molecule has 0 unspecified atom stereocenters. The standard InChI is InChI=1S/C19H21ClN2O3/c1-3-11-25-19(24)14-7-9-15(10-8-14)22-18(23)12-21-17-6-4-5-16(20)13(17)2/h4-10,21H,3,11-12H2,1-2H3,(H,22,23). The number of halogens is 1. The number of anilines is 2. The monoisotopic (exact) mass is 360 g/mol. The molecule has 0 aliphatic heterocycles. The second kappa shape index (κ2) is 9.08. The van der Waals surface area contributed by atoms with Crippen LogP contribution in [0.15, 0.2) is 42.5 Å². The predicted octanol–water partition coefficient (Wildman–Crippen LogP) is 4.27. The Morgan fingerprint density at radius 1 is 1.12 bits per heavy atom. The van der Waals surface area contributed by atoms with E-state index in [0.29, 0.717) is 22.9 Å². The third-order valence-electron chi connectivity index (χ3n) is 3.55. The summed E-state index contributed by atoms with van der Waals surface area (Å²) in [4.78, 5) is 23.8. The van der Waals surface area contributed by atoms with Crippen molar-refractivity contribution in [3.05, 3.63) is 58.6 Å². The summed E-state index contributed by atoms with van der Waals surface area (Å²) < 4.78 is 5.06. The number of esters is 1. The lowest BCUT2D eigenvalue weighted by Gasteiger charge is -2.11. The van der Waals surface area contributed by atoms with Gasteiger partial charge in [0, 0.05) is 16.4 Å². The fraction of sp³-hybridized carbons (Fsp3) is 0.263. The van der Waals surface area contributed by atoms with Crippen LogP contribution >= 0.6 is 11.6 Å². The van der Waals surface area contributed by atoms with E-state index in [-0.39, 0.29) is 18.4 Å². The van der Waals surface area contributed by atoms with E-state index in [9.17, 15) is 9.59 Å². The van der Waals surface area contributed by atoms with E-state index >= 15 is 0 Å². The number of rotatable bonds is 7. The summed E-state index contributed by atoms with van der Waals surface area (Å²) in [5, 5.41) is 6.47. The van der Waals surface area contributed by atoms with E-state index in [4.69, 9.17) is 16.3 Å². The first kappa shape index (κ1) is 18.8. The van der Waals surface area contributed by atoms with Crippen molar-refractivity contribution in [2.75, 3.05) is 23.8 Å². The largest absolute Gasteiger partial charge is 0.462 e. The second-order valence-corrected chi connectivity index (χ2v) is 5.93. The molecule has 0 radical (unpaired) electrons. The van der Waals surface area contributed by atoms with Gasteiger partial charge in [0.15, 0.2) is 0 Å². The molecular weight excluding hydrogens is 340 g/mol. The molecule has 2 aromatic rings. The molecule has 0 saturated heterocycles. The van der Waals surface area contributed by atoms with Crippen LogP contribution in [0, 0.1) is 6.92 Å². The quantitative estimate of drug-likeness (QED) is 0.724. The van der Waals surface area contributed by atoms with Crippen molar-refractivity contribution >= 4 is 34.9 Å². The minimum Gasteiger partial charge on any atom is -0.462 e. The molecule has 0 spiro atoms. The summed E-state index contributed by atoms with van der Waals surface area (Å²) in [5.41, 5.74) is 2.78. The van der Waals surface area contributed by atoms with Crippen molar-refractivity contribution in [2.24, 2.45) is 0 Å². The van der Waals surface area contributed by atoms with Crippen molar-refractivity contribution in [1.29, 1.82) is 0 Å². The summed E-state index contributed by atoms with van der Waals surface area (Å²) in [6.45, 7) is 4.33. The average Bonchev–Trinajstić information content (AvgIpc) is 2.61. The number of amides is 1. The third-order valence-corrected chi connectivity index (χ3v) is 3.96. The molecule has 0 aliphatic rings. The fourth-order valence-electron chi connectivity index (χ4n) is 2.15. The lowest BCUT2D eigenvalue weighted by Crippen LogP contribution is -2.22. The molecule has 0 atom stereocenters. The van der Waals surface area contributed by atoms with Crippen molar-refractivity contribution in [2.45, 2.75) is 20.3 Å². The van der Waals surface area contributed by atoms with E-state index in [1.54, 1.807) is 30.3 Å². The van der Waals surface area contributed by atoms with Gasteiger partial charge in [0.25, 0.3) is 0 Å². The molecule has 0 aliphatic carbocycles. The maximum atomic E-state index is 12.0. The highest BCUT2D eigenvalue weighted by atomic mass is 35.5. The Morgan fingerprint density at radius 2 is 1.84 bits per heavy atom. The Labute approximate surface area is 152 Å². The molecule has 5 nitrogen and oxygen atoms in total. The molecule has 0 saturated carbocycles. The van der Waals surface area contributed by atoms with Crippen LogP contribution in [0.5, 0.6) is 0 Å². The van der Waals surface area contributed by atoms with Gasteiger partial charge in [-0.3, -0.25) is 4.79 Å². The minimum atomic E-state index is -0.363. The normalized spacial score (nSPS) is 10.2. The highest BCUT2D eigenvalue weighted by molar-refractivity contribution is 6.31. The van der Waals surface area contributed by atoms with Crippen molar-refractivity contribution < 1.29 is 14.3 Å². The Bertz CT molecular complexity index is 745. The van der Waals surface area contributed by atoms with Crippen molar-refractivity contribution in [3.63, 3.8) is 0 Å². The molecule has 0 bridgehead atoms. The van der Waals surface area contributed by atoms with E-state index in [0.717, 1.165) is 17.7 Å². The van der Waals surface area contributed by atoms with Gasteiger partial charge in [-0.2, -0.15) is 0 Å². The Hall–Kier alpha value is -2.53. The summed E-state index contributed by atoms with van der Waals surface area (Å²) in [7, 11) is 0. The Morgan fingerprint density at radius 3 is 2.52 bits per heavy atom. The number of hydrogen-bond acceptors (Lipinski definition) is 4. The molecule has 0 heterocycles. The average molecular weight is 361 g/mol. The van der Waals surface area contributed by atoms with Crippen LogP contribution in [0.4, 0.5) is 11.4 Å². The summed E-state index contributed by atoms with van der Waals surface area (Å²) in [5.74, 6) is -0.557. The van der Waals surface area contributed by atoms with Crippen LogP contribution in [0.1, 0.15) is 29.3 Å². The van der Waals surface area contributed by atoms with Crippen LogP contribution in [0.2, 0.25) is 5.02 Å². The topological polar surface area (TPSA) is 67.4 Å². The minimum absolute atomic E-state index is 0.113. The van der Waals surface area contributed by atoms with Crippen LogP contribution in [0.25, 0.3) is 0 Å². The first-order chi connectivity index (χ1) is 12.0. The first-order valence-corrected chi connectivity index (χ1v) is 8.45. The van der Waals surface area contributed by atoms with E-state index < -0.39 is 0 Å². The lowest BCUT2D eigenvalue weighted by molar-refractivity contribution is -0.114. The van der Waals surface area contributed by atoms with Gasteiger partial charge in [0.05, 0.1) is 18.7 Å². The molecule has 6 heteroatoms. The third kappa shape index (κ3) is 5.50. The first-order valence-electron chi connectivity index (χ1n) is 8.07. The van der Waals surface area contributed by atoms with Crippen molar-refractivity contribution in [1.82, 2.24) is 0 Å². The molecule has 2 N–H and O–H groups in total. The number of carbonyl (C=O) groups is 2. The fourth-order valence-corrected chi connectivity index (χ4v) is 2.32. The molecule has 1 amide bonds. The van der Waals surface area contributed by atoms with Gasteiger partial charge in [-0.05, 0) is 55.3 Å². The van der Waals surface area contributed by atoms with Crippen molar-refractivity contribution in [3.8, 4) is 0 Å². The SMILES string of the molecule is CCCOC(=O)c1ccc(NC(=O)CNc2cccc(Cl)c2C)cc1. The van der Waals surface area contributed by atoms with Crippen LogP contribution in [-0.4, -0.2) is 25.0 Å². The van der Waals surface area contributed by atoms with Crippen LogP contribution in [-0.2, 0) is 9.53 Å². The molecular formula is C19H21ClN2O3. The zero-order chi connectivity index (χ0) is 18.2. The second-order valence-electron chi connectivity index (χ2n) is 5.53. The molecule has 0 fully saturated rings. The Kier molecular flexibility index (Phi) is 6.83. The van der Waals surface area contributed by atoms with Gasteiger partial charge in [0.2, 0.25) is 5.91 Å². The van der Waals surface area contributed by atoms with Gasteiger partial charge in [-0.15, -0.1) is 0 Å². The Balaban J connectivity index is 1.88. The summed E-state index contributed by atoms with van der Waals surface area (Å²) in [6, 6.07) is 12.1. The predicted molar refractivity (Wildman–Crippen MR) is 100 cm³/mol.